The van der Waals surface area contributed by atoms with Crippen molar-refractivity contribution < 1.29 is 9.59 Å². The number of nitrogens with zero attached hydrogens (tertiary/aromatic N) is 4. The van der Waals surface area contributed by atoms with E-state index in [0.717, 1.165) is 72.7 Å². The second-order valence-electron chi connectivity index (χ2n) is 10.8. The highest BCUT2D eigenvalue weighted by atomic mass is 35.5. The van der Waals surface area contributed by atoms with E-state index in [1.165, 1.54) is 0 Å². The predicted octanol–water partition coefficient (Wildman–Crippen LogP) is 4.02. The van der Waals surface area contributed by atoms with Crippen molar-refractivity contribution in [3.8, 4) is 11.1 Å². The number of carbonyl (C=O) groups is 2. The molecule has 1 aromatic heterocycles. The van der Waals surface area contributed by atoms with Gasteiger partial charge in [0.1, 0.15) is 0 Å². The number of amides is 2. The number of H-pyrrole nitrogens is 1. The molecule has 2 amide bonds. The Morgan fingerprint density at radius 1 is 0.757 bits per heavy atom. The summed E-state index contributed by atoms with van der Waals surface area (Å²) in [4.78, 5) is 30.7. The second kappa shape index (κ2) is 8.84. The maximum absolute atomic E-state index is 13.4. The quantitative estimate of drug-likeness (QED) is 0.573. The molecule has 3 aromatic rings. The molecule has 3 fully saturated rings. The molecule has 4 atom stereocenters. The van der Waals surface area contributed by atoms with E-state index in [0.29, 0.717) is 35.1 Å². The van der Waals surface area contributed by atoms with Crippen LogP contribution in [0, 0.1) is 23.7 Å². The first-order chi connectivity index (χ1) is 18.0. The molecular weight excluding hydrogens is 486 g/mol. The molecule has 0 radical (unpaired) electrons. The lowest BCUT2D eigenvalue weighted by molar-refractivity contribution is -0.126. The smallest absolute Gasteiger partial charge is 0.253 e. The number of aryl methyl sites for hydroxylation is 1. The summed E-state index contributed by atoms with van der Waals surface area (Å²) < 4.78 is 0. The first-order valence-electron chi connectivity index (χ1n) is 13.1. The van der Waals surface area contributed by atoms with Crippen LogP contribution in [0.4, 0.5) is 0 Å². The van der Waals surface area contributed by atoms with Gasteiger partial charge in [0.05, 0.1) is 11.4 Å². The highest BCUT2D eigenvalue weighted by Crippen LogP contribution is 2.54. The molecular formula is C29H28ClN5O2. The fraction of sp³-hybridized carbons (Fsp3) is 0.379. The Morgan fingerprint density at radius 3 is 1.92 bits per heavy atom. The molecule has 8 heteroatoms. The van der Waals surface area contributed by atoms with Crippen LogP contribution in [0.2, 0.25) is 5.02 Å². The SMILES string of the molecule is O=C(C1=CCCc2n[nH]nc2C1)N1C[C@@H]2[C@H](C1)[C@H]1CN(C(=O)c3ccc(-c4ccc(Cl)cc4)cc3)C[C@@H]21. The molecule has 0 unspecified atom stereocenters. The average molecular weight is 514 g/mol. The third-order valence-corrected chi connectivity index (χ3v) is 9.17. The molecule has 3 heterocycles. The number of nitrogens with one attached hydrogen (secondary N) is 1. The van der Waals surface area contributed by atoms with Crippen molar-refractivity contribution in [1.82, 2.24) is 25.2 Å². The first kappa shape index (κ1) is 22.7. The van der Waals surface area contributed by atoms with Crippen molar-refractivity contribution in [1.29, 1.82) is 0 Å². The number of halogens is 1. The highest BCUT2D eigenvalue weighted by Gasteiger charge is 2.59. The van der Waals surface area contributed by atoms with Crippen molar-refractivity contribution in [3.63, 3.8) is 0 Å². The molecule has 7 rings (SSSR count). The van der Waals surface area contributed by atoms with Crippen molar-refractivity contribution in [3.05, 3.63) is 82.2 Å². The lowest BCUT2D eigenvalue weighted by atomic mass is 9.60. The maximum Gasteiger partial charge on any atom is 0.253 e. The number of benzene rings is 2. The van der Waals surface area contributed by atoms with E-state index in [1.807, 2.05) is 58.3 Å². The van der Waals surface area contributed by atoms with E-state index in [2.05, 4.69) is 21.5 Å². The Morgan fingerprint density at radius 2 is 1.30 bits per heavy atom. The summed E-state index contributed by atoms with van der Waals surface area (Å²) in [6.45, 7) is 3.17. The Kier molecular flexibility index (Phi) is 5.43. The van der Waals surface area contributed by atoms with E-state index >= 15 is 0 Å². The number of hydrogen-bond acceptors (Lipinski definition) is 4. The molecule has 1 N–H and O–H groups in total. The monoisotopic (exact) mass is 513 g/mol. The van der Waals surface area contributed by atoms with E-state index in [4.69, 9.17) is 11.6 Å². The van der Waals surface area contributed by atoms with Gasteiger partial charge in [-0.25, -0.2) is 0 Å². The van der Waals surface area contributed by atoms with Gasteiger partial charge in [-0.1, -0.05) is 41.9 Å². The van der Waals surface area contributed by atoms with Crippen LogP contribution in [0.3, 0.4) is 0 Å². The molecule has 0 spiro atoms. The zero-order valence-corrected chi connectivity index (χ0v) is 21.2. The van der Waals surface area contributed by atoms with Crippen LogP contribution in [0.5, 0.6) is 0 Å². The summed E-state index contributed by atoms with van der Waals surface area (Å²) in [5.41, 5.74) is 5.59. The largest absolute Gasteiger partial charge is 0.338 e. The van der Waals surface area contributed by atoms with E-state index in [9.17, 15) is 9.59 Å². The number of carbonyl (C=O) groups excluding carboxylic acids is 2. The summed E-state index contributed by atoms with van der Waals surface area (Å²) >= 11 is 6.00. The Hall–Kier alpha value is -3.45. The van der Waals surface area contributed by atoms with Crippen molar-refractivity contribution >= 4 is 23.4 Å². The normalized spacial score (nSPS) is 26.0. The average Bonchev–Trinajstić information content (AvgIpc) is 3.59. The minimum absolute atomic E-state index is 0.107. The van der Waals surface area contributed by atoms with Gasteiger partial charge in [0.15, 0.2) is 0 Å². The summed E-state index contributed by atoms with van der Waals surface area (Å²) in [7, 11) is 0. The van der Waals surface area contributed by atoms with Crippen LogP contribution in [-0.2, 0) is 17.6 Å². The molecule has 188 valence electrons. The Bertz CT molecular complexity index is 1380. The summed E-state index contributed by atoms with van der Waals surface area (Å²) in [5.74, 6) is 2.23. The summed E-state index contributed by atoms with van der Waals surface area (Å²) in [5, 5.41) is 11.9. The van der Waals surface area contributed by atoms with Crippen LogP contribution < -0.4 is 0 Å². The van der Waals surface area contributed by atoms with Crippen LogP contribution in [-0.4, -0.2) is 63.2 Å². The van der Waals surface area contributed by atoms with E-state index in [-0.39, 0.29) is 11.8 Å². The number of aromatic amines is 1. The van der Waals surface area contributed by atoms with Gasteiger partial charge in [0.2, 0.25) is 5.91 Å². The molecule has 7 nitrogen and oxygen atoms in total. The third-order valence-electron chi connectivity index (χ3n) is 8.92. The number of aromatic nitrogens is 3. The zero-order chi connectivity index (χ0) is 25.1. The van der Waals surface area contributed by atoms with Gasteiger partial charge in [-0.05, 0) is 71.9 Å². The van der Waals surface area contributed by atoms with Crippen LogP contribution in [0.1, 0.15) is 28.2 Å². The van der Waals surface area contributed by atoms with Gasteiger partial charge in [-0.3, -0.25) is 9.59 Å². The minimum atomic E-state index is 0.107. The lowest BCUT2D eigenvalue weighted by Gasteiger charge is -2.42. The molecule has 2 aromatic carbocycles. The van der Waals surface area contributed by atoms with Crippen LogP contribution in [0.15, 0.2) is 60.2 Å². The number of fused-ring (bicyclic) bond motifs is 5. The minimum Gasteiger partial charge on any atom is -0.338 e. The van der Waals surface area contributed by atoms with Gasteiger partial charge in [-0.2, -0.15) is 15.4 Å². The predicted molar refractivity (Wildman–Crippen MR) is 140 cm³/mol. The molecule has 4 aliphatic rings. The molecule has 2 saturated heterocycles. The van der Waals surface area contributed by atoms with Crippen molar-refractivity contribution in [2.75, 3.05) is 26.2 Å². The van der Waals surface area contributed by atoms with Crippen LogP contribution >= 0.6 is 11.6 Å². The summed E-state index contributed by atoms with van der Waals surface area (Å²) in [6.07, 6.45) is 4.28. The van der Waals surface area contributed by atoms with Gasteiger partial charge >= 0.3 is 0 Å². The standard InChI is InChI=1S/C29H28ClN5O2/c30-21-10-8-18(9-11-21)17-4-6-19(7-5-17)28(36)34-13-22-23(14-34)25-16-35(15-24(22)25)29(37)20-2-1-3-26-27(12-20)32-33-31-26/h2,4-11,22-25H,1,3,12-16H2,(H,31,32,33)/t22-,23+,24+,25-. The topological polar surface area (TPSA) is 82.2 Å². The van der Waals surface area contributed by atoms with Crippen LogP contribution in [0.25, 0.3) is 11.1 Å². The van der Waals surface area contributed by atoms with E-state index in [1.54, 1.807) is 0 Å². The van der Waals surface area contributed by atoms with Crippen molar-refractivity contribution in [2.24, 2.45) is 23.7 Å². The van der Waals surface area contributed by atoms with Crippen molar-refractivity contribution in [2.45, 2.75) is 19.3 Å². The number of allylic oxidation sites excluding steroid dienone is 1. The molecule has 0 bridgehead atoms. The Labute approximate surface area is 220 Å². The zero-order valence-electron chi connectivity index (χ0n) is 20.4. The Balaban J connectivity index is 0.981. The number of hydrogen-bond donors (Lipinski definition) is 1. The summed E-state index contributed by atoms with van der Waals surface area (Å²) in [6, 6.07) is 15.6. The van der Waals surface area contributed by atoms with Gasteiger partial charge in [-0.15, -0.1) is 0 Å². The fourth-order valence-corrected chi connectivity index (χ4v) is 7.08. The second-order valence-corrected chi connectivity index (χ2v) is 11.3. The molecule has 37 heavy (non-hydrogen) atoms. The third kappa shape index (κ3) is 3.87. The van der Waals surface area contributed by atoms with Gasteiger partial charge in [0, 0.05) is 48.8 Å². The highest BCUT2D eigenvalue weighted by molar-refractivity contribution is 6.30. The lowest BCUT2D eigenvalue weighted by Crippen LogP contribution is -2.44. The first-order valence-corrected chi connectivity index (χ1v) is 13.4. The number of likely N-dealkylation sites (tertiary alicyclic amines) is 2. The number of rotatable bonds is 3. The van der Waals surface area contributed by atoms with E-state index < -0.39 is 0 Å². The van der Waals surface area contributed by atoms with Gasteiger partial charge in [0.25, 0.3) is 5.91 Å². The fourth-order valence-electron chi connectivity index (χ4n) is 6.95. The maximum atomic E-state index is 13.4. The van der Waals surface area contributed by atoms with Gasteiger partial charge < -0.3 is 9.80 Å². The molecule has 1 saturated carbocycles. The molecule has 2 aliphatic carbocycles. The molecule has 2 aliphatic heterocycles.